The lowest BCUT2D eigenvalue weighted by atomic mass is 9.87. The van der Waals surface area contributed by atoms with Gasteiger partial charge in [-0.1, -0.05) is 32.9 Å². The first-order chi connectivity index (χ1) is 8.41. The fourth-order valence-electron chi connectivity index (χ4n) is 2.15. The minimum Gasteiger partial charge on any atom is -0.488 e. The van der Waals surface area contributed by atoms with Crippen molar-refractivity contribution in [2.45, 2.75) is 50.2 Å². The van der Waals surface area contributed by atoms with Gasteiger partial charge < -0.3 is 9.47 Å². The van der Waals surface area contributed by atoms with Crippen molar-refractivity contribution in [3.05, 3.63) is 29.8 Å². The number of hydrogen-bond acceptors (Lipinski definition) is 2. The first kappa shape index (κ1) is 13.7. The number of alkyl halides is 1. The molecule has 0 bridgehead atoms. The molecule has 1 saturated carbocycles. The summed E-state index contributed by atoms with van der Waals surface area (Å²) in [4.78, 5) is 0. The number of methoxy groups -OCH3 is 1. The Balaban J connectivity index is 1.99. The van der Waals surface area contributed by atoms with Crippen LogP contribution >= 0.6 is 11.6 Å². The quantitative estimate of drug-likeness (QED) is 0.777. The molecule has 1 aliphatic rings. The van der Waals surface area contributed by atoms with Crippen molar-refractivity contribution in [2.24, 2.45) is 0 Å². The van der Waals surface area contributed by atoms with E-state index >= 15 is 0 Å². The molecule has 0 heterocycles. The van der Waals surface area contributed by atoms with Crippen molar-refractivity contribution >= 4 is 11.6 Å². The van der Waals surface area contributed by atoms with Gasteiger partial charge in [-0.15, -0.1) is 11.6 Å². The predicted octanol–water partition coefficient (Wildman–Crippen LogP) is 3.76. The van der Waals surface area contributed by atoms with Crippen LogP contribution in [-0.4, -0.2) is 24.7 Å². The molecule has 1 fully saturated rings. The third kappa shape index (κ3) is 2.81. The van der Waals surface area contributed by atoms with E-state index in [-0.39, 0.29) is 23.0 Å². The van der Waals surface area contributed by atoms with Gasteiger partial charge in [0.2, 0.25) is 0 Å². The summed E-state index contributed by atoms with van der Waals surface area (Å²) in [6, 6.07) is 8.28. The van der Waals surface area contributed by atoms with Crippen molar-refractivity contribution in [3.8, 4) is 5.75 Å². The lowest BCUT2D eigenvalue weighted by Gasteiger charge is -2.39. The lowest BCUT2D eigenvalue weighted by molar-refractivity contribution is -0.0583. The molecule has 2 nitrogen and oxygen atoms in total. The number of rotatable bonds is 3. The highest BCUT2D eigenvalue weighted by atomic mass is 35.5. The molecule has 18 heavy (non-hydrogen) atoms. The summed E-state index contributed by atoms with van der Waals surface area (Å²) in [5.74, 6) is 0.888. The average Bonchev–Trinajstić information content (AvgIpc) is 2.28. The zero-order valence-electron chi connectivity index (χ0n) is 11.4. The minimum atomic E-state index is 0.00830. The molecule has 0 radical (unpaired) electrons. The van der Waals surface area contributed by atoms with Gasteiger partial charge in [-0.2, -0.15) is 0 Å². The Morgan fingerprint density at radius 2 is 1.78 bits per heavy atom. The largest absolute Gasteiger partial charge is 0.488 e. The van der Waals surface area contributed by atoms with Crippen LogP contribution in [0.15, 0.2) is 24.3 Å². The van der Waals surface area contributed by atoms with Crippen molar-refractivity contribution in [3.63, 3.8) is 0 Å². The third-order valence-corrected chi connectivity index (χ3v) is 3.89. The zero-order chi connectivity index (χ0) is 13.3. The second kappa shape index (κ2) is 5.10. The Bertz CT molecular complexity index is 394. The summed E-state index contributed by atoms with van der Waals surface area (Å²) in [7, 11) is 1.68. The Morgan fingerprint density at radius 1 is 1.17 bits per heavy atom. The molecule has 0 N–H and O–H groups in total. The molecule has 2 rings (SSSR count). The van der Waals surface area contributed by atoms with Crippen LogP contribution in [-0.2, 0) is 10.2 Å². The molecule has 1 aromatic carbocycles. The molecule has 0 amide bonds. The molecular weight excluding hydrogens is 248 g/mol. The van der Waals surface area contributed by atoms with Crippen molar-refractivity contribution < 1.29 is 9.47 Å². The van der Waals surface area contributed by atoms with Crippen LogP contribution in [0, 0.1) is 0 Å². The van der Waals surface area contributed by atoms with E-state index in [1.807, 2.05) is 12.1 Å². The van der Waals surface area contributed by atoms with E-state index in [4.69, 9.17) is 21.1 Å². The molecule has 3 heteroatoms. The van der Waals surface area contributed by atoms with Gasteiger partial charge >= 0.3 is 0 Å². The second-order valence-electron chi connectivity index (χ2n) is 5.88. The van der Waals surface area contributed by atoms with Gasteiger partial charge in [-0.25, -0.2) is 0 Å². The molecule has 100 valence electrons. The van der Waals surface area contributed by atoms with E-state index in [1.165, 1.54) is 5.56 Å². The molecule has 0 spiro atoms. The number of hydrogen-bond donors (Lipinski definition) is 0. The monoisotopic (exact) mass is 268 g/mol. The minimum absolute atomic E-state index is 0.00830. The topological polar surface area (TPSA) is 18.5 Å². The highest BCUT2D eigenvalue weighted by Gasteiger charge is 2.42. The van der Waals surface area contributed by atoms with Gasteiger partial charge in [0, 0.05) is 13.5 Å². The number of ether oxygens (including phenoxy) is 2. The van der Waals surface area contributed by atoms with E-state index in [1.54, 1.807) is 7.11 Å². The number of benzene rings is 1. The van der Waals surface area contributed by atoms with Crippen LogP contribution in [0.1, 0.15) is 32.8 Å². The Morgan fingerprint density at radius 3 is 2.22 bits per heavy atom. The summed E-state index contributed by atoms with van der Waals surface area (Å²) in [5.41, 5.74) is 1.48. The van der Waals surface area contributed by atoms with Crippen molar-refractivity contribution in [1.82, 2.24) is 0 Å². The van der Waals surface area contributed by atoms with Gasteiger partial charge in [0.25, 0.3) is 0 Å². The van der Waals surface area contributed by atoms with Gasteiger partial charge in [0.1, 0.15) is 18.0 Å². The summed E-state index contributed by atoms with van der Waals surface area (Å²) >= 11 is 6.06. The maximum atomic E-state index is 6.06. The molecule has 3 atom stereocenters. The molecule has 0 aliphatic heterocycles. The maximum absolute atomic E-state index is 6.06. The SMILES string of the molecule is COC1C(Cl)CC1Oc1ccc(C(C)(C)C)cc1. The van der Waals surface area contributed by atoms with E-state index in [0.717, 1.165) is 12.2 Å². The lowest BCUT2D eigenvalue weighted by Crippen LogP contribution is -2.52. The summed E-state index contributed by atoms with van der Waals surface area (Å²) in [5, 5.41) is 0.0776. The fourth-order valence-corrected chi connectivity index (χ4v) is 2.59. The summed E-state index contributed by atoms with van der Waals surface area (Å²) in [6.45, 7) is 6.61. The third-order valence-electron chi connectivity index (χ3n) is 3.46. The zero-order valence-corrected chi connectivity index (χ0v) is 12.2. The standard InChI is InChI=1S/C15H21ClO2/c1-15(2,3)10-5-7-11(8-6-10)18-13-9-12(16)14(13)17-4/h5-8,12-14H,9H2,1-4H3. The van der Waals surface area contributed by atoms with Crippen molar-refractivity contribution in [2.75, 3.05) is 7.11 Å². The molecule has 3 unspecified atom stereocenters. The molecular formula is C15H21ClO2. The molecule has 1 aromatic rings. The highest BCUT2D eigenvalue weighted by molar-refractivity contribution is 6.21. The fraction of sp³-hybridized carbons (Fsp3) is 0.600. The smallest absolute Gasteiger partial charge is 0.128 e. The van der Waals surface area contributed by atoms with Gasteiger partial charge in [0.15, 0.2) is 0 Å². The Hall–Kier alpha value is -0.730. The van der Waals surface area contributed by atoms with E-state index in [2.05, 4.69) is 32.9 Å². The Kier molecular flexibility index (Phi) is 3.88. The van der Waals surface area contributed by atoms with Crippen LogP contribution < -0.4 is 4.74 Å². The van der Waals surface area contributed by atoms with Gasteiger partial charge in [-0.3, -0.25) is 0 Å². The maximum Gasteiger partial charge on any atom is 0.128 e. The first-order valence-corrected chi connectivity index (χ1v) is 6.79. The van der Waals surface area contributed by atoms with E-state index in [9.17, 15) is 0 Å². The van der Waals surface area contributed by atoms with Crippen LogP contribution in [0.25, 0.3) is 0 Å². The normalized spacial score (nSPS) is 27.7. The summed E-state index contributed by atoms with van der Waals surface area (Å²) in [6.07, 6.45) is 0.938. The predicted molar refractivity (Wildman–Crippen MR) is 74.6 cm³/mol. The second-order valence-corrected chi connectivity index (χ2v) is 6.44. The Labute approximate surface area is 114 Å². The van der Waals surface area contributed by atoms with E-state index in [0.29, 0.717) is 0 Å². The van der Waals surface area contributed by atoms with Crippen molar-refractivity contribution in [1.29, 1.82) is 0 Å². The van der Waals surface area contributed by atoms with Gasteiger partial charge in [-0.05, 0) is 23.1 Å². The molecule has 0 aromatic heterocycles. The van der Waals surface area contributed by atoms with Crippen LogP contribution in [0.3, 0.4) is 0 Å². The van der Waals surface area contributed by atoms with Crippen LogP contribution in [0.2, 0.25) is 0 Å². The van der Waals surface area contributed by atoms with Crippen LogP contribution in [0.5, 0.6) is 5.75 Å². The summed E-state index contributed by atoms with van der Waals surface area (Å²) < 4.78 is 11.2. The highest BCUT2D eigenvalue weighted by Crippen LogP contribution is 2.33. The first-order valence-electron chi connectivity index (χ1n) is 6.36. The molecule has 0 saturated heterocycles. The van der Waals surface area contributed by atoms with Gasteiger partial charge in [0.05, 0.1) is 5.38 Å². The average molecular weight is 269 g/mol. The number of halogens is 1. The molecule has 1 aliphatic carbocycles. The van der Waals surface area contributed by atoms with Crippen LogP contribution in [0.4, 0.5) is 0 Å². The van der Waals surface area contributed by atoms with E-state index < -0.39 is 0 Å².